The number of ether oxygens (including phenoxy) is 1. The van der Waals surface area contributed by atoms with Crippen molar-refractivity contribution in [3.63, 3.8) is 0 Å². The minimum Gasteiger partial charge on any atom is -0.494 e. The van der Waals surface area contributed by atoms with Gasteiger partial charge >= 0.3 is 0 Å². The lowest BCUT2D eigenvalue weighted by Crippen LogP contribution is -2.32. The fraction of sp³-hybridized carbons (Fsp3) is 0.444. The Morgan fingerprint density at radius 2 is 2.13 bits per heavy atom. The molecule has 1 fully saturated rings. The second-order valence-corrected chi connectivity index (χ2v) is 6.03. The Bertz CT molecular complexity index is 659. The molecule has 0 spiro atoms. The first-order valence-electron chi connectivity index (χ1n) is 8.15. The quantitative estimate of drug-likeness (QED) is 0.855. The van der Waals surface area contributed by atoms with Crippen LogP contribution in [0.4, 0.5) is 0 Å². The van der Waals surface area contributed by atoms with E-state index in [0.29, 0.717) is 18.9 Å². The number of hydrogen-bond donors (Lipinski definition) is 1. The van der Waals surface area contributed by atoms with Gasteiger partial charge in [-0.2, -0.15) is 0 Å². The lowest BCUT2D eigenvalue weighted by molar-refractivity contribution is -0.121. The highest BCUT2D eigenvalue weighted by Crippen LogP contribution is 2.40. The molecule has 3 rings (SSSR count). The number of aromatic nitrogens is 2. The Hall–Kier alpha value is -2.30. The summed E-state index contributed by atoms with van der Waals surface area (Å²) in [5.74, 6) is 2.32. The third-order valence-corrected chi connectivity index (χ3v) is 4.15. The topological polar surface area (TPSA) is 56.1 Å². The van der Waals surface area contributed by atoms with Crippen LogP contribution in [0.15, 0.2) is 36.7 Å². The van der Waals surface area contributed by atoms with Crippen molar-refractivity contribution in [2.24, 2.45) is 13.0 Å². The van der Waals surface area contributed by atoms with Crippen molar-refractivity contribution >= 4 is 5.91 Å². The Kier molecular flexibility index (Phi) is 4.65. The van der Waals surface area contributed by atoms with E-state index in [-0.39, 0.29) is 11.9 Å². The summed E-state index contributed by atoms with van der Waals surface area (Å²) in [6, 6.07) is 7.71. The number of benzene rings is 1. The molecule has 1 N–H and O–H groups in total. The Morgan fingerprint density at radius 1 is 1.39 bits per heavy atom. The number of hydrogen-bond acceptors (Lipinski definition) is 3. The monoisotopic (exact) mass is 313 g/mol. The number of nitrogens with zero attached hydrogens (tertiary/aromatic N) is 2. The molecule has 5 heteroatoms. The van der Waals surface area contributed by atoms with Gasteiger partial charge < -0.3 is 14.6 Å². The molecule has 1 aromatic heterocycles. The van der Waals surface area contributed by atoms with Crippen molar-refractivity contribution in [3.8, 4) is 5.75 Å². The van der Waals surface area contributed by atoms with Gasteiger partial charge in [-0.05, 0) is 43.4 Å². The van der Waals surface area contributed by atoms with Crippen molar-refractivity contribution in [2.45, 2.75) is 32.2 Å². The number of rotatable bonds is 7. The van der Waals surface area contributed by atoms with E-state index in [1.165, 1.54) is 0 Å². The zero-order chi connectivity index (χ0) is 16.2. The number of imidazole rings is 1. The predicted octanol–water partition coefficient (Wildman–Crippen LogP) is 2.63. The summed E-state index contributed by atoms with van der Waals surface area (Å²) in [5.41, 5.74) is 0.986. The minimum absolute atomic E-state index is 0.0187. The molecule has 1 amide bonds. The van der Waals surface area contributed by atoms with Crippen LogP contribution in [0.3, 0.4) is 0 Å². The molecule has 0 unspecified atom stereocenters. The third kappa shape index (κ3) is 3.92. The molecule has 1 aliphatic carbocycles. The predicted molar refractivity (Wildman–Crippen MR) is 88.1 cm³/mol. The summed E-state index contributed by atoms with van der Waals surface area (Å²) >= 11 is 0. The van der Waals surface area contributed by atoms with Gasteiger partial charge in [-0.15, -0.1) is 0 Å². The molecule has 0 aliphatic heterocycles. The molecule has 1 aliphatic rings. The zero-order valence-electron chi connectivity index (χ0n) is 13.7. The normalized spacial score (nSPS) is 15.2. The van der Waals surface area contributed by atoms with E-state index in [4.69, 9.17) is 4.74 Å². The fourth-order valence-corrected chi connectivity index (χ4v) is 2.78. The third-order valence-electron chi connectivity index (χ3n) is 4.15. The summed E-state index contributed by atoms with van der Waals surface area (Å²) in [5, 5.41) is 3.16. The SMILES string of the molecule is CCOc1ccc(CC(=O)N[C@@H](c2nccn2C)C2CC2)cc1. The molecule has 122 valence electrons. The summed E-state index contributed by atoms with van der Waals surface area (Å²) < 4.78 is 7.41. The van der Waals surface area contributed by atoms with Gasteiger partial charge in [-0.3, -0.25) is 4.79 Å². The molecule has 5 nitrogen and oxygen atoms in total. The minimum atomic E-state index is 0.0187. The number of amides is 1. The van der Waals surface area contributed by atoms with Crippen LogP contribution in [0.25, 0.3) is 0 Å². The van der Waals surface area contributed by atoms with Crippen molar-refractivity contribution in [2.75, 3.05) is 6.61 Å². The van der Waals surface area contributed by atoms with Gasteiger partial charge in [-0.1, -0.05) is 12.1 Å². The first-order chi connectivity index (χ1) is 11.2. The maximum absolute atomic E-state index is 12.4. The molecule has 1 saturated carbocycles. The number of nitrogens with one attached hydrogen (secondary N) is 1. The molecule has 23 heavy (non-hydrogen) atoms. The molecule has 0 radical (unpaired) electrons. The summed E-state index contributed by atoms with van der Waals surface area (Å²) in [4.78, 5) is 16.8. The number of carbonyl (C=O) groups is 1. The smallest absolute Gasteiger partial charge is 0.225 e. The van der Waals surface area contributed by atoms with Gasteiger partial charge in [0, 0.05) is 19.4 Å². The highest BCUT2D eigenvalue weighted by Gasteiger charge is 2.35. The van der Waals surface area contributed by atoms with Crippen molar-refractivity contribution < 1.29 is 9.53 Å². The number of carbonyl (C=O) groups excluding carboxylic acids is 1. The second kappa shape index (κ2) is 6.86. The molecular weight excluding hydrogens is 290 g/mol. The van der Waals surface area contributed by atoms with Crippen LogP contribution < -0.4 is 10.1 Å². The molecule has 1 heterocycles. The highest BCUT2D eigenvalue weighted by molar-refractivity contribution is 5.79. The molecule has 0 saturated heterocycles. The van der Waals surface area contributed by atoms with Crippen LogP contribution in [0.1, 0.15) is 37.2 Å². The van der Waals surface area contributed by atoms with Gasteiger partial charge in [0.15, 0.2) is 0 Å². The van der Waals surface area contributed by atoms with Gasteiger partial charge in [0.05, 0.1) is 19.1 Å². The largest absolute Gasteiger partial charge is 0.494 e. The van der Waals surface area contributed by atoms with E-state index in [9.17, 15) is 4.79 Å². The number of aryl methyl sites for hydroxylation is 1. The Balaban J connectivity index is 1.62. The van der Waals surface area contributed by atoms with E-state index in [2.05, 4.69) is 10.3 Å². The average Bonchev–Trinajstić information content (AvgIpc) is 3.29. The second-order valence-electron chi connectivity index (χ2n) is 6.03. The summed E-state index contributed by atoms with van der Waals surface area (Å²) in [6.07, 6.45) is 6.38. The van der Waals surface area contributed by atoms with Crippen molar-refractivity contribution in [3.05, 3.63) is 48.0 Å². The highest BCUT2D eigenvalue weighted by atomic mass is 16.5. The van der Waals surface area contributed by atoms with Crippen LogP contribution in [0.2, 0.25) is 0 Å². The molecule has 2 aromatic rings. The first kappa shape index (κ1) is 15.6. The van der Waals surface area contributed by atoms with Crippen LogP contribution >= 0.6 is 0 Å². The molecule has 0 bridgehead atoms. The lowest BCUT2D eigenvalue weighted by atomic mass is 10.1. The standard InChI is InChI=1S/C18H23N3O2/c1-3-23-15-8-4-13(5-9-15)12-16(22)20-17(14-6-7-14)18-19-10-11-21(18)2/h4-5,8-11,14,17H,3,6-7,12H2,1-2H3,(H,20,22)/t17-/m1/s1. The zero-order valence-corrected chi connectivity index (χ0v) is 13.7. The van der Waals surface area contributed by atoms with Crippen LogP contribution in [-0.4, -0.2) is 22.1 Å². The maximum atomic E-state index is 12.4. The lowest BCUT2D eigenvalue weighted by Gasteiger charge is -2.18. The van der Waals surface area contributed by atoms with E-state index in [1.54, 1.807) is 6.20 Å². The van der Waals surface area contributed by atoms with Gasteiger partial charge in [0.25, 0.3) is 0 Å². The van der Waals surface area contributed by atoms with E-state index in [0.717, 1.165) is 30.0 Å². The van der Waals surface area contributed by atoms with E-state index < -0.39 is 0 Å². The van der Waals surface area contributed by atoms with E-state index >= 15 is 0 Å². The Labute approximate surface area is 136 Å². The van der Waals surface area contributed by atoms with Crippen LogP contribution in [0.5, 0.6) is 5.75 Å². The summed E-state index contributed by atoms with van der Waals surface area (Å²) in [6.45, 7) is 2.60. The Morgan fingerprint density at radius 3 is 2.70 bits per heavy atom. The van der Waals surface area contributed by atoms with Crippen molar-refractivity contribution in [1.82, 2.24) is 14.9 Å². The first-order valence-corrected chi connectivity index (χ1v) is 8.15. The average molecular weight is 313 g/mol. The van der Waals surface area contributed by atoms with Gasteiger partial charge in [0.2, 0.25) is 5.91 Å². The molecule has 1 aromatic carbocycles. The van der Waals surface area contributed by atoms with Gasteiger partial charge in [-0.25, -0.2) is 4.98 Å². The van der Waals surface area contributed by atoms with Crippen LogP contribution in [-0.2, 0) is 18.3 Å². The van der Waals surface area contributed by atoms with Gasteiger partial charge in [0.1, 0.15) is 11.6 Å². The molecular formula is C18H23N3O2. The summed E-state index contributed by atoms with van der Waals surface area (Å²) in [7, 11) is 1.97. The van der Waals surface area contributed by atoms with Crippen LogP contribution in [0, 0.1) is 5.92 Å². The fourth-order valence-electron chi connectivity index (χ4n) is 2.78. The molecule has 1 atom stereocenters. The van der Waals surface area contributed by atoms with Crippen molar-refractivity contribution in [1.29, 1.82) is 0 Å². The van der Waals surface area contributed by atoms with E-state index in [1.807, 2.05) is 49.0 Å². The maximum Gasteiger partial charge on any atom is 0.225 e.